The molecule has 128 valence electrons. The predicted octanol–water partition coefficient (Wildman–Crippen LogP) is 1.13. The van der Waals surface area contributed by atoms with Gasteiger partial charge < -0.3 is 25.2 Å². The van der Waals surface area contributed by atoms with Crippen molar-refractivity contribution in [3.8, 4) is 0 Å². The Morgan fingerprint density at radius 3 is 2.64 bits per heavy atom. The van der Waals surface area contributed by atoms with Crippen LogP contribution in [0.3, 0.4) is 0 Å². The van der Waals surface area contributed by atoms with E-state index in [1.807, 2.05) is 11.8 Å². The Labute approximate surface area is 136 Å². The van der Waals surface area contributed by atoms with Gasteiger partial charge in [0.2, 0.25) is 0 Å². The number of hydrogen-bond donors (Lipinski definition) is 3. The molecule has 0 spiro atoms. The zero-order chi connectivity index (χ0) is 15.9. The van der Waals surface area contributed by atoms with E-state index in [9.17, 15) is 4.79 Å². The number of urea groups is 1. The highest BCUT2D eigenvalue weighted by molar-refractivity contribution is 8.00. The van der Waals surface area contributed by atoms with E-state index in [-0.39, 0.29) is 24.0 Å². The molecule has 0 radical (unpaired) electrons. The van der Waals surface area contributed by atoms with E-state index in [1.165, 1.54) is 12.2 Å². The second kappa shape index (κ2) is 8.38. The predicted molar refractivity (Wildman–Crippen MR) is 87.3 cm³/mol. The lowest BCUT2D eigenvalue weighted by Gasteiger charge is -2.37. The van der Waals surface area contributed by atoms with Crippen molar-refractivity contribution in [2.45, 2.75) is 43.0 Å². The lowest BCUT2D eigenvalue weighted by molar-refractivity contribution is -0.114. The van der Waals surface area contributed by atoms with Gasteiger partial charge in [0, 0.05) is 43.9 Å². The maximum absolute atomic E-state index is 12.0. The van der Waals surface area contributed by atoms with Crippen LogP contribution in [0.15, 0.2) is 0 Å². The van der Waals surface area contributed by atoms with E-state index in [0.29, 0.717) is 26.3 Å². The van der Waals surface area contributed by atoms with E-state index >= 15 is 0 Å². The summed E-state index contributed by atoms with van der Waals surface area (Å²) in [5.41, 5.74) is -0.412. The first-order chi connectivity index (χ1) is 10.6. The van der Waals surface area contributed by atoms with Crippen molar-refractivity contribution in [2.75, 3.05) is 45.3 Å². The van der Waals surface area contributed by atoms with Crippen LogP contribution in [0.5, 0.6) is 0 Å². The summed E-state index contributed by atoms with van der Waals surface area (Å²) in [6, 6.07) is -0.146. The molecule has 2 heterocycles. The molecule has 2 aliphatic rings. The third-order valence-electron chi connectivity index (χ3n) is 4.40. The van der Waals surface area contributed by atoms with E-state index in [4.69, 9.17) is 14.6 Å². The summed E-state index contributed by atoms with van der Waals surface area (Å²) in [5, 5.41) is 14.9. The van der Waals surface area contributed by atoms with Crippen molar-refractivity contribution in [1.82, 2.24) is 10.6 Å². The van der Waals surface area contributed by atoms with E-state index in [1.54, 1.807) is 0 Å². The summed E-state index contributed by atoms with van der Waals surface area (Å²) in [7, 11) is 0. The van der Waals surface area contributed by atoms with Crippen LogP contribution < -0.4 is 10.6 Å². The van der Waals surface area contributed by atoms with Crippen LogP contribution in [-0.2, 0) is 9.47 Å². The smallest absolute Gasteiger partial charge is 0.314 e. The molecular formula is C15H28N2O4S. The average molecular weight is 332 g/mol. The summed E-state index contributed by atoms with van der Waals surface area (Å²) >= 11 is 1.93. The monoisotopic (exact) mass is 332 g/mol. The van der Waals surface area contributed by atoms with Crippen LogP contribution in [0, 0.1) is 0 Å². The Morgan fingerprint density at radius 1 is 1.27 bits per heavy atom. The van der Waals surface area contributed by atoms with Crippen molar-refractivity contribution < 1.29 is 19.4 Å². The number of hydrogen-bond acceptors (Lipinski definition) is 5. The second-order valence-electron chi connectivity index (χ2n) is 6.31. The molecule has 0 aromatic heterocycles. The van der Waals surface area contributed by atoms with Crippen LogP contribution in [0.2, 0.25) is 0 Å². The van der Waals surface area contributed by atoms with Gasteiger partial charge in [0.1, 0.15) is 0 Å². The number of ether oxygens (including phenoxy) is 2. The average Bonchev–Trinajstić information content (AvgIpc) is 2.97. The van der Waals surface area contributed by atoms with Gasteiger partial charge in [0.15, 0.2) is 0 Å². The summed E-state index contributed by atoms with van der Waals surface area (Å²) in [4.78, 5) is 12.0. The minimum Gasteiger partial charge on any atom is -0.394 e. The molecule has 2 fully saturated rings. The molecule has 1 unspecified atom stereocenters. The van der Waals surface area contributed by atoms with Gasteiger partial charge in [0.05, 0.1) is 18.8 Å². The first kappa shape index (κ1) is 17.8. The van der Waals surface area contributed by atoms with Crippen molar-refractivity contribution in [2.24, 2.45) is 0 Å². The Kier molecular flexibility index (Phi) is 6.80. The lowest BCUT2D eigenvalue weighted by atomic mass is 9.94. The highest BCUT2D eigenvalue weighted by Crippen LogP contribution is 2.36. The van der Waals surface area contributed by atoms with Crippen molar-refractivity contribution in [3.63, 3.8) is 0 Å². The normalized spacial score (nSPS) is 27.5. The molecule has 1 atom stereocenters. The fourth-order valence-electron chi connectivity index (χ4n) is 2.93. The van der Waals surface area contributed by atoms with Crippen molar-refractivity contribution in [1.29, 1.82) is 0 Å². The number of aliphatic hydroxyl groups is 1. The lowest BCUT2D eigenvalue weighted by Crippen LogP contribution is -2.52. The quantitative estimate of drug-likeness (QED) is 0.651. The van der Waals surface area contributed by atoms with Crippen LogP contribution in [0.4, 0.5) is 4.79 Å². The Bertz CT molecular complexity index is 355. The van der Waals surface area contributed by atoms with Crippen LogP contribution >= 0.6 is 11.8 Å². The topological polar surface area (TPSA) is 79.8 Å². The number of carbonyl (C=O) groups excluding carboxylic acids is 1. The van der Waals surface area contributed by atoms with Crippen LogP contribution in [0.25, 0.3) is 0 Å². The third kappa shape index (κ3) is 5.30. The Morgan fingerprint density at radius 2 is 2.00 bits per heavy atom. The number of rotatable bonds is 7. The maximum atomic E-state index is 12.0. The molecule has 2 aliphatic heterocycles. The van der Waals surface area contributed by atoms with E-state index in [0.717, 1.165) is 19.3 Å². The summed E-state index contributed by atoms with van der Waals surface area (Å²) < 4.78 is 11.3. The minimum absolute atomic E-state index is 0.00954. The van der Waals surface area contributed by atoms with Gasteiger partial charge in [-0.05, 0) is 25.5 Å². The first-order valence-corrected chi connectivity index (χ1v) is 9.04. The van der Waals surface area contributed by atoms with Crippen LogP contribution in [0.1, 0.15) is 32.6 Å². The van der Waals surface area contributed by atoms with Crippen molar-refractivity contribution >= 4 is 17.8 Å². The number of aliphatic hydroxyl groups excluding tert-OH is 1. The molecule has 0 saturated carbocycles. The SMILES string of the molecule is CC1(CNC(=O)NCC2(OCCO)CCOCC2)CCCS1. The number of amides is 2. The van der Waals surface area contributed by atoms with Gasteiger partial charge >= 0.3 is 6.03 Å². The van der Waals surface area contributed by atoms with Gasteiger partial charge in [-0.25, -0.2) is 4.79 Å². The molecule has 6 nitrogen and oxygen atoms in total. The minimum atomic E-state index is -0.412. The molecule has 7 heteroatoms. The highest BCUT2D eigenvalue weighted by atomic mass is 32.2. The third-order valence-corrected chi connectivity index (χ3v) is 5.94. The van der Waals surface area contributed by atoms with Gasteiger partial charge in [0.25, 0.3) is 0 Å². The van der Waals surface area contributed by atoms with Crippen molar-refractivity contribution in [3.05, 3.63) is 0 Å². The standard InChI is InChI=1S/C15H28N2O4S/c1-14(3-2-10-22-14)11-16-13(19)17-12-15(21-9-6-18)4-7-20-8-5-15/h18H,2-12H2,1H3,(H2,16,17,19). The molecule has 2 rings (SSSR count). The molecule has 0 aromatic carbocycles. The molecular weight excluding hydrogens is 304 g/mol. The molecule has 22 heavy (non-hydrogen) atoms. The fourth-order valence-corrected chi connectivity index (χ4v) is 4.17. The number of carbonyl (C=O) groups is 1. The van der Waals surface area contributed by atoms with Gasteiger partial charge in [-0.1, -0.05) is 0 Å². The molecule has 0 aliphatic carbocycles. The molecule has 2 amide bonds. The number of thioether (sulfide) groups is 1. The summed E-state index contributed by atoms with van der Waals surface area (Å²) in [6.07, 6.45) is 3.85. The molecule has 0 aromatic rings. The Balaban J connectivity index is 1.74. The van der Waals surface area contributed by atoms with E-state index in [2.05, 4.69) is 17.6 Å². The van der Waals surface area contributed by atoms with Gasteiger partial charge in [-0.15, -0.1) is 0 Å². The van der Waals surface area contributed by atoms with E-state index < -0.39 is 5.60 Å². The summed E-state index contributed by atoms with van der Waals surface area (Å²) in [6.45, 7) is 4.88. The summed E-state index contributed by atoms with van der Waals surface area (Å²) in [5.74, 6) is 1.18. The molecule has 2 saturated heterocycles. The largest absolute Gasteiger partial charge is 0.394 e. The molecule has 0 bridgehead atoms. The zero-order valence-electron chi connectivity index (χ0n) is 13.4. The fraction of sp³-hybridized carbons (Fsp3) is 0.933. The zero-order valence-corrected chi connectivity index (χ0v) is 14.2. The maximum Gasteiger partial charge on any atom is 0.314 e. The number of nitrogens with one attached hydrogen (secondary N) is 2. The second-order valence-corrected chi connectivity index (χ2v) is 7.99. The van der Waals surface area contributed by atoms with Crippen LogP contribution in [-0.4, -0.2) is 66.8 Å². The molecule has 3 N–H and O–H groups in total. The Hall–Kier alpha value is -0.500. The highest BCUT2D eigenvalue weighted by Gasteiger charge is 2.34. The van der Waals surface area contributed by atoms with Gasteiger partial charge in [-0.2, -0.15) is 11.8 Å². The first-order valence-electron chi connectivity index (χ1n) is 8.06. The van der Waals surface area contributed by atoms with Gasteiger partial charge in [-0.3, -0.25) is 0 Å².